The summed E-state index contributed by atoms with van der Waals surface area (Å²) in [6.07, 6.45) is 0. The Labute approximate surface area is 312 Å². The molecule has 11 rings (SSSR count). The van der Waals surface area contributed by atoms with Gasteiger partial charge in [-0.2, -0.15) is 0 Å². The minimum Gasteiger partial charge on any atom is -0.456 e. The zero-order valence-electron chi connectivity index (χ0n) is 29.4. The van der Waals surface area contributed by atoms with Crippen molar-refractivity contribution in [3.8, 4) is 22.3 Å². The number of hydrogen-bond donors (Lipinski definition) is 0. The number of fused-ring (bicyclic) bond motifs is 8. The summed E-state index contributed by atoms with van der Waals surface area (Å²) in [6.45, 7) is 0. The van der Waals surface area contributed by atoms with Crippen molar-refractivity contribution in [2.45, 2.75) is 0 Å². The molecule has 0 aliphatic carbocycles. The van der Waals surface area contributed by atoms with Crippen LogP contribution in [0.1, 0.15) is 0 Å². The molecule has 0 amide bonds. The summed E-state index contributed by atoms with van der Waals surface area (Å²) in [7, 11) is 0. The number of furan rings is 1. The fourth-order valence-corrected chi connectivity index (χ4v) is 8.53. The van der Waals surface area contributed by atoms with Crippen LogP contribution >= 0.6 is 0 Å². The molecule has 0 radical (unpaired) electrons. The lowest BCUT2D eigenvalue weighted by molar-refractivity contribution is 0.669. The zero-order valence-corrected chi connectivity index (χ0v) is 29.4. The summed E-state index contributed by atoms with van der Waals surface area (Å²) in [5, 5.41) is 12.0. The Morgan fingerprint density at radius 1 is 0.315 bits per heavy atom. The lowest BCUT2D eigenvalue weighted by Gasteiger charge is -2.29. The van der Waals surface area contributed by atoms with Crippen LogP contribution in [0.3, 0.4) is 0 Å². The van der Waals surface area contributed by atoms with Crippen LogP contribution in [0.4, 0.5) is 17.1 Å². The van der Waals surface area contributed by atoms with Crippen LogP contribution in [0.15, 0.2) is 205 Å². The van der Waals surface area contributed by atoms with E-state index in [1.807, 2.05) is 0 Å². The van der Waals surface area contributed by atoms with E-state index in [0.29, 0.717) is 0 Å². The average Bonchev–Trinajstić information content (AvgIpc) is 3.61. The third-order valence-electron chi connectivity index (χ3n) is 11.0. The van der Waals surface area contributed by atoms with Crippen LogP contribution in [0.5, 0.6) is 0 Å². The van der Waals surface area contributed by atoms with Gasteiger partial charge in [-0.3, -0.25) is 0 Å². The van der Waals surface area contributed by atoms with Gasteiger partial charge < -0.3 is 9.32 Å². The molecule has 252 valence electrons. The van der Waals surface area contributed by atoms with Crippen molar-refractivity contribution in [2.24, 2.45) is 0 Å². The van der Waals surface area contributed by atoms with Gasteiger partial charge in [0.25, 0.3) is 0 Å². The summed E-state index contributed by atoms with van der Waals surface area (Å²) in [6, 6.07) is 72.4. The maximum Gasteiger partial charge on any atom is 0.136 e. The van der Waals surface area contributed by atoms with Crippen molar-refractivity contribution in [3.63, 3.8) is 0 Å². The Morgan fingerprint density at radius 3 is 1.76 bits per heavy atom. The monoisotopic (exact) mass is 687 g/mol. The average molecular weight is 688 g/mol. The van der Waals surface area contributed by atoms with E-state index in [2.05, 4.69) is 205 Å². The van der Waals surface area contributed by atoms with E-state index in [9.17, 15) is 0 Å². The highest BCUT2D eigenvalue weighted by molar-refractivity contribution is 6.18. The quantitative estimate of drug-likeness (QED) is 0.168. The lowest BCUT2D eigenvalue weighted by atomic mass is 9.95. The number of para-hydroxylation sites is 1. The minimum absolute atomic E-state index is 0.884. The highest BCUT2D eigenvalue weighted by Crippen LogP contribution is 2.47. The third-order valence-corrected chi connectivity index (χ3v) is 11.0. The Kier molecular flexibility index (Phi) is 6.90. The van der Waals surface area contributed by atoms with E-state index < -0.39 is 0 Å². The SMILES string of the molecule is c1ccc(N(c2ccc(-c3cccc4ccccc34)cc2)c2cccc3c2ccc2ccccc23)c(-c2cccc3oc4cc5ccccc5cc4c23)c1. The number of rotatable bonds is 5. The van der Waals surface area contributed by atoms with Crippen LogP contribution in [0.2, 0.25) is 0 Å². The topological polar surface area (TPSA) is 16.4 Å². The van der Waals surface area contributed by atoms with Crippen molar-refractivity contribution in [3.05, 3.63) is 200 Å². The molecular formula is C52H33NO. The summed E-state index contributed by atoms with van der Waals surface area (Å²) >= 11 is 0. The van der Waals surface area contributed by atoms with Gasteiger partial charge in [-0.1, -0.05) is 158 Å². The van der Waals surface area contributed by atoms with Crippen LogP contribution in [-0.4, -0.2) is 0 Å². The van der Waals surface area contributed by atoms with E-state index in [-0.39, 0.29) is 0 Å². The number of hydrogen-bond acceptors (Lipinski definition) is 2. The Hall–Kier alpha value is -7.16. The first kappa shape index (κ1) is 30.5. The molecule has 0 atom stereocenters. The second kappa shape index (κ2) is 12.2. The van der Waals surface area contributed by atoms with Gasteiger partial charge in [-0.25, -0.2) is 0 Å². The molecule has 1 heterocycles. The molecule has 54 heavy (non-hydrogen) atoms. The van der Waals surface area contributed by atoms with Gasteiger partial charge in [0.15, 0.2) is 0 Å². The second-order valence-corrected chi connectivity index (χ2v) is 14.1. The molecule has 0 bridgehead atoms. The Morgan fingerprint density at radius 2 is 0.907 bits per heavy atom. The highest BCUT2D eigenvalue weighted by atomic mass is 16.3. The van der Waals surface area contributed by atoms with Crippen LogP contribution < -0.4 is 4.90 Å². The number of benzene rings is 10. The largest absolute Gasteiger partial charge is 0.456 e. The molecule has 1 aromatic heterocycles. The number of anilines is 3. The van der Waals surface area contributed by atoms with Crippen molar-refractivity contribution >= 4 is 82.1 Å². The molecule has 0 aliphatic rings. The van der Waals surface area contributed by atoms with Crippen LogP contribution in [-0.2, 0) is 0 Å². The standard InChI is InChI=1S/C52H33NO/c1-2-15-38-33-51-47(32-37(38)14-1)52-46(22-11-25-50(52)54-51)44-19-7-8-23-48(44)53(49-24-10-21-43-42-18-6-4-13-35(42)28-31-45(43)49)39-29-26-36(27-30-39)41-20-9-16-34-12-3-5-17-40(34)41/h1-33H. The van der Waals surface area contributed by atoms with Crippen molar-refractivity contribution in [2.75, 3.05) is 4.90 Å². The van der Waals surface area contributed by atoms with Gasteiger partial charge in [-0.15, -0.1) is 0 Å². The molecule has 0 N–H and O–H groups in total. The molecule has 10 aromatic carbocycles. The number of nitrogens with zero attached hydrogens (tertiary/aromatic N) is 1. The Balaban J connectivity index is 1.16. The van der Waals surface area contributed by atoms with E-state index in [1.165, 1.54) is 54.2 Å². The minimum atomic E-state index is 0.884. The summed E-state index contributed by atoms with van der Waals surface area (Å²) in [4.78, 5) is 2.44. The van der Waals surface area contributed by atoms with Gasteiger partial charge in [0.1, 0.15) is 11.2 Å². The van der Waals surface area contributed by atoms with Gasteiger partial charge in [-0.05, 0) is 96.9 Å². The third kappa shape index (κ3) is 4.81. The van der Waals surface area contributed by atoms with E-state index in [1.54, 1.807) is 0 Å². The zero-order chi connectivity index (χ0) is 35.6. The van der Waals surface area contributed by atoms with Gasteiger partial charge in [0, 0.05) is 27.4 Å². The van der Waals surface area contributed by atoms with E-state index in [4.69, 9.17) is 4.42 Å². The van der Waals surface area contributed by atoms with Gasteiger partial charge in [0.2, 0.25) is 0 Å². The fourth-order valence-electron chi connectivity index (χ4n) is 8.53. The summed E-state index contributed by atoms with van der Waals surface area (Å²) < 4.78 is 6.56. The first-order chi connectivity index (χ1) is 26.8. The highest BCUT2D eigenvalue weighted by Gasteiger charge is 2.22. The van der Waals surface area contributed by atoms with Crippen LogP contribution in [0, 0.1) is 0 Å². The maximum atomic E-state index is 6.56. The smallest absolute Gasteiger partial charge is 0.136 e. The lowest BCUT2D eigenvalue weighted by Crippen LogP contribution is -2.11. The van der Waals surface area contributed by atoms with Gasteiger partial charge in [0.05, 0.1) is 11.4 Å². The summed E-state index contributed by atoms with van der Waals surface area (Å²) in [5.41, 5.74) is 9.78. The van der Waals surface area contributed by atoms with Gasteiger partial charge >= 0.3 is 0 Å². The van der Waals surface area contributed by atoms with E-state index >= 15 is 0 Å². The predicted molar refractivity (Wildman–Crippen MR) is 229 cm³/mol. The normalized spacial score (nSPS) is 11.7. The first-order valence-corrected chi connectivity index (χ1v) is 18.5. The van der Waals surface area contributed by atoms with Crippen molar-refractivity contribution < 1.29 is 4.42 Å². The molecule has 0 unspecified atom stereocenters. The first-order valence-electron chi connectivity index (χ1n) is 18.5. The van der Waals surface area contributed by atoms with Crippen molar-refractivity contribution in [1.82, 2.24) is 0 Å². The molecule has 2 nitrogen and oxygen atoms in total. The molecule has 2 heteroatoms. The van der Waals surface area contributed by atoms with Crippen molar-refractivity contribution in [1.29, 1.82) is 0 Å². The molecule has 0 spiro atoms. The molecular weight excluding hydrogens is 655 g/mol. The van der Waals surface area contributed by atoms with E-state index in [0.717, 1.165) is 50.1 Å². The predicted octanol–water partition coefficient (Wildman–Crippen LogP) is 15.0. The maximum absolute atomic E-state index is 6.56. The molecule has 0 saturated carbocycles. The van der Waals surface area contributed by atoms with Crippen LogP contribution in [0.25, 0.3) is 87.3 Å². The molecule has 0 fully saturated rings. The Bertz CT molecular complexity index is 3220. The fraction of sp³-hybridized carbons (Fsp3) is 0. The summed E-state index contributed by atoms with van der Waals surface area (Å²) in [5.74, 6) is 0. The molecule has 11 aromatic rings. The second-order valence-electron chi connectivity index (χ2n) is 14.1. The molecule has 0 saturated heterocycles. The molecule has 0 aliphatic heterocycles.